The molecule has 0 saturated carbocycles. The number of benzene rings is 1. The van der Waals surface area contributed by atoms with Crippen LogP contribution < -0.4 is 0 Å². The fraction of sp³-hybridized carbons (Fsp3) is 0.429. The van der Waals surface area contributed by atoms with Crippen molar-refractivity contribution >= 4 is 13.8 Å². The van der Waals surface area contributed by atoms with Crippen molar-refractivity contribution in [1.82, 2.24) is 14.8 Å². The molecule has 0 aliphatic carbocycles. The van der Waals surface area contributed by atoms with Crippen LogP contribution in [0.25, 0.3) is 11.4 Å². The average Bonchev–Trinajstić information content (AvgIpc) is 2.91. The van der Waals surface area contributed by atoms with Gasteiger partial charge in [-0.25, -0.2) is 9.67 Å². The first kappa shape index (κ1) is 16.3. The van der Waals surface area contributed by atoms with E-state index in [9.17, 15) is 10.1 Å². The predicted octanol–water partition coefficient (Wildman–Crippen LogP) is 3.17. The number of nitrogens with zero attached hydrogens (tertiary/aromatic N) is 4. The van der Waals surface area contributed by atoms with Crippen LogP contribution in [0, 0.1) is 10.1 Å². The van der Waals surface area contributed by atoms with Crippen molar-refractivity contribution in [3.63, 3.8) is 0 Å². The Morgan fingerprint density at radius 3 is 2.73 bits per heavy atom. The van der Waals surface area contributed by atoms with E-state index in [1.807, 2.05) is 0 Å². The molecule has 0 N–H and O–H groups in total. The van der Waals surface area contributed by atoms with Crippen LogP contribution in [-0.2, 0) is 11.5 Å². The molecule has 0 unspecified atom stereocenters. The number of rotatable bonds is 7. The van der Waals surface area contributed by atoms with E-state index in [2.05, 4.69) is 29.7 Å². The standard InChI is InChI=1S/C14H20N4O3Si/c1-22(2,3)9-8-21-11-17-14(15-10-16-17)12-6-4-5-7-13(12)18(19)20/h4-7,10H,8-9,11H2,1-3H3. The molecule has 7 nitrogen and oxygen atoms in total. The lowest BCUT2D eigenvalue weighted by molar-refractivity contribution is -0.384. The quantitative estimate of drug-likeness (QED) is 0.339. The number of hydrogen-bond donors (Lipinski definition) is 0. The Hall–Kier alpha value is -2.06. The summed E-state index contributed by atoms with van der Waals surface area (Å²) in [5.74, 6) is 0.445. The molecule has 1 heterocycles. The lowest BCUT2D eigenvalue weighted by Gasteiger charge is -2.15. The zero-order valence-corrected chi connectivity index (χ0v) is 14.0. The highest BCUT2D eigenvalue weighted by Crippen LogP contribution is 2.27. The molecule has 118 valence electrons. The van der Waals surface area contributed by atoms with Crippen LogP contribution in [-0.4, -0.2) is 34.4 Å². The third-order valence-corrected chi connectivity index (χ3v) is 4.87. The molecule has 0 amide bonds. The maximum atomic E-state index is 11.1. The molecule has 22 heavy (non-hydrogen) atoms. The molecular weight excluding hydrogens is 300 g/mol. The molecule has 8 heteroatoms. The Balaban J connectivity index is 2.12. The average molecular weight is 320 g/mol. The van der Waals surface area contributed by atoms with Gasteiger partial charge >= 0.3 is 0 Å². The first-order valence-electron chi connectivity index (χ1n) is 7.08. The number of aromatic nitrogens is 3. The van der Waals surface area contributed by atoms with Crippen LogP contribution in [0.5, 0.6) is 0 Å². The summed E-state index contributed by atoms with van der Waals surface area (Å²) in [6.07, 6.45) is 1.38. The zero-order valence-electron chi connectivity index (χ0n) is 13.0. The van der Waals surface area contributed by atoms with E-state index in [1.165, 1.54) is 12.4 Å². The van der Waals surface area contributed by atoms with Gasteiger partial charge in [-0.2, -0.15) is 5.10 Å². The minimum atomic E-state index is -1.14. The van der Waals surface area contributed by atoms with Crippen LogP contribution in [0.1, 0.15) is 0 Å². The van der Waals surface area contributed by atoms with E-state index >= 15 is 0 Å². The number of nitro groups is 1. The van der Waals surface area contributed by atoms with Gasteiger partial charge in [0.1, 0.15) is 13.1 Å². The molecule has 0 fully saturated rings. The van der Waals surface area contributed by atoms with Gasteiger partial charge in [0.05, 0.1) is 10.5 Å². The third-order valence-electron chi connectivity index (χ3n) is 3.17. The lowest BCUT2D eigenvalue weighted by atomic mass is 10.1. The van der Waals surface area contributed by atoms with E-state index in [0.29, 0.717) is 18.0 Å². The second-order valence-corrected chi connectivity index (χ2v) is 11.8. The lowest BCUT2D eigenvalue weighted by Crippen LogP contribution is -2.22. The van der Waals surface area contributed by atoms with Gasteiger partial charge < -0.3 is 4.74 Å². The Morgan fingerprint density at radius 1 is 1.32 bits per heavy atom. The summed E-state index contributed by atoms with van der Waals surface area (Å²) in [7, 11) is -1.14. The molecule has 0 aliphatic rings. The highest BCUT2D eigenvalue weighted by atomic mass is 28.3. The zero-order chi connectivity index (χ0) is 16.2. The normalized spacial score (nSPS) is 11.6. The maximum absolute atomic E-state index is 11.1. The van der Waals surface area contributed by atoms with Crippen LogP contribution in [0.15, 0.2) is 30.6 Å². The molecule has 1 aromatic heterocycles. The Labute approximate surface area is 130 Å². The van der Waals surface area contributed by atoms with Crippen LogP contribution in [0.4, 0.5) is 5.69 Å². The second kappa shape index (κ2) is 6.80. The van der Waals surface area contributed by atoms with Gasteiger partial charge in [-0.3, -0.25) is 10.1 Å². The number of hydrogen-bond acceptors (Lipinski definition) is 5. The summed E-state index contributed by atoms with van der Waals surface area (Å²) in [5.41, 5.74) is 0.456. The first-order valence-corrected chi connectivity index (χ1v) is 10.8. The van der Waals surface area contributed by atoms with E-state index in [-0.39, 0.29) is 12.4 Å². The SMILES string of the molecule is C[Si](C)(C)CCOCn1ncnc1-c1ccccc1[N+](=O)[O-]. The van der Waals surface area contributed by atoms with Crippen LogP contribution >= 0.6 is 0 Å². The fourth-order valence-corrected chi connectivity index (χ4v) is 2.68. The smallest absolute Gasteiger partial charge is 0.280 e. The monoisotopic (exact) mass is 320 g/mol. The van der Waals surface area contributed by atoms with Crippen LogP contribution in [0.2, 0.25) is 25.7 Å². The van der Waals surface area contributed by atoms with E-state index in [1.54, 1.807) is 22.9 Å². The summed E-state index contributed by atoms with van der Waals surface area (Å²) in [4.78, 5) is 14.8. The van der Waals surface area contributed by atoms with Crippen molar-refractivity contribution in [2.24, 2.45) is 0 Å². The van der Waals surface area contributed by atoms with Crippen molar-refractivity contribution < 1.29 is 9.66 Å². The minimum absolute atomic E-state index is 0.0128. The molecule has 2 rings (SSSR count). The van der Waals surface area contributed by atoms with E-state index in [4.69, 9.17) is 4.74 Å². The Kier molecular flexibility index (Phi) is 5.04. The van der Waals surface area contributed by atoms with Crippen molar-refractivity contribution in [3.8, 4) is 11.4 Å². The van der Waals surface area contributed by atoms with Crippen molar-refractivity contribution in [3.05, 3.63) is 40.7 Å². The Bertz CT molecular complexity index is 652. The van der Waals surface area contributed by atoms with Crippen molar-refractivity contribution in [2.45, 2.75) is 32.4 Å². The highest BCUT2D eigenvalue weighted by Gasteiger charge is 2.19. The molecule has 0 saturated heterocycles. The summed E-state index contributed by atoms with van der Waals surface area (Å²) in [6, 6.07) is 7.56. The largest absolute Gasteiger partial charge is 0.359 e. The molecule has 0 bridgehead atoms. The van der Waals surface area contributed by atoms with Crippen molar-refractivity contribution in [1.29, 1.82) is 0 Å². The van der Waals surface area contributed by atoms with Gasteiger partial charge in [-0.15, -0.1) is 0 Å². The summed E-state index contributed by atoms with van der Waals surface area (Å²) < 4.78 is 7.19. The van der Waals surface area contributed by atoms with Crippen LogP contribution in [0.3, 0.4) is 0 Å². The first-order chi connectivity index (χ1) is 10.4. The molecule has 1 aromatic carbocycles. The molecule has 0 radical (unpaired) electrons. The van der Waals surface area contributed by atoms with Gasteiger partial charge in [0.15, 0.2) is 5.82 Å². The number of ether oxygens (including phenoxy) is 1. The van der Waals surface area contributed by atoms with Crippen molar-refractivity contribution in [2.75, 3.05) is 6.61 Å². The summed E-state index contributed by atoms with van der Waals surface area (Å²) in [5, 5.41) is 15.2. The van der Waals surface area contributed by atoms with Gasteiger partial charge in [-0.05, 0) is 12.1 Å². The van der Waals surface area contributed by atoms with Gasteiger partial charge in [0, 0.05) is 20.7 Å². The summed E-state index contributed by atoms with van der Waals surface area (Å²) in [6.45, 7) is 7.75. The maximum Gasteiger partial charge on any atom is 0.280 e. The topological polar surface area (TPSA) is 83.1 Å². The van der Waals surface area contributed by atoms with E-state index < -0.39 is 13.0 Å². The molecular formula is C14H20N4O3Si. The molecule has 0 spiro atoms. The predicted molar refractivity (Wildman–Crippen MR) is 86.2 cm³/mol. The second-order valence-electron chi connectivity index (χ2n) is 6.21. The van der Waals surface area contributed by atoms with E-state index in [0.717, 1.165) is 6.04 Å². The van der Waals surface area contributed by atoms with Gasteiger partial charge in [0.2, 0.25) is 0 Å². The van der Waals surface area contributed by atoms with Gasteiger partial charge in [0.25, 0.3) is 5.69 Å². The molecule has 0 atom stereocenters. The van der Waals surface area contributed by atoms with Gasteiger partial charge in [-0.1, -0.05) is 31.8 Å². The molecule has 2 aromatic rings. The fourth-order valence-electron chi connectivity index (χ4n) is 1.92. The highest BCUT2D eigenvalue weighted by molar-refractivity contribution is 6.76. The minimum Gasteiger partial charge on any atom is -0.359 e. The molecule has 0 aliphatic heterocycles. The third kappa shape index (κ3) is 4.22. The number of nitro benzene ring substituents is 1. The number of para-hydroxylation sites is 1. The Morgan fingerprint density at radius 2 is 2.05 bits per heavy atom. The summed E-state index contributed by atoms with van der Waals surface area (Å²) >= 11 is 0.